The third kappa shape index (κ3) is 9.98. The number of rotatable bonds is 8. The van der Waals surface area contributed by atoms with Crippen molar-refractivity contribution in [1.82, 2.24) is 0 Å². The molecule has 0 saturated heterocycles. The maximum absolute atomic E-state index is 14.6. The Hall–Kier alpha value is -7.13. The summed E-state index contributed by atoms with van der Waals surface area (Å²) in [6.45, 7) is 0. The van der Waals surface area contributed by atoms with E-state index >= 15 is 0 Å². The molecule has 0 saturated carbocycles. The molecule has 356 valence electrons. The summed E-state index contributed by atoms with van der Waals surface area (Å²) in [4.78, 5) is 1.76. The second-order valence-corrected chi connectivity index (χ2v) is 19.2. The van der Waals surface area contributed by atoms with Crippen LogP contribution in [0, 0.1) is 0 Å². The summed E-state index contributed by atoms with van der Waals surface area (Å²) in [7, 11) is -2.48. The summed E-state index contributed by atoms with van der Waals surface area (Å²) in [5.41, 5.74) is -3.15. The van der Waals surface area contributed by atoms with Gasteiger partial charge in [0.15, 0.2) is 19.7 Å². The van der Waals surface area contributed by atoms with Crippen molar-refractivity contribution in [1.29, 1.82) is 0 Å². The van der Waals surface area contributed by atoms with Gasteiger partial charge in [0.05, 0.1) is 22.3 Å². The Bertz CT molecular complexity index is 2940. The van der Waals surface area contributed by atoms with Gasteiger partial charge in [0.25, 0.3) is 0 Å². The predicted molar refractivity (Wildman–Crippen MR) is 253 cm³/mol. The molecule has 0 aliphatic rings. The van der Waals surface area contributed by atoms with Crippen LogP contribution >= 0.6 is 0 Å². The van der Waals surface area contributed by atoms with Crippen LogP contribution in [-0.4, -0.2) is 6.15 Å². The quantitative estimate of drug-likeness (QED) is 0.0642. The molecule has 9 rings (SSSR count). The summed E-state index contributed by atoms with van der Waals surface area (Å²) >= 11 is 0. The highest BCUT2D eigenvalue weighted by Crippen LogP contribution is 2.38. The van der Waals surface area contributed by atoms with Crippen LogP contribution in [0.3, 0.4) is 0 Å². The van der Waals surface area contributed by atoms with Crippen LogP contribution in [-0.2, 0) is 44.6 Å². The van der Waals surface area contributed by atoms with E-state index in [4.69, 9.17) is 0 Å². The largest absolute Gasteiger partial charge is 0.416 e. The Morgan fingerprint density at radius 2 is 0.586 bits per heavy atom. The summed E-state index contributed by atoms with van der Waals surface area (Å²) in [6.07, 6.45) is -22.0. The standard InChI is InChI=1S/C28H16BF12.C27H21OS/c30-25(31,32)17-1-9-21(10-2-17)29(22-11-3-18(4-12-22)26(33,34)35,23-13-5-19(6-14-23)27(36,37)38)24-15-7-20(8-16-24)28(39,40)41;28-29(23-13-3-1-4-14-23,24-15-5-2-6-16-24)20-27-25-17-9-7-11-21(25)19-22-12-8-10-18-26(22)27/h1-16H;1-19H,20H2/q-1;+1. The van der Waals surface area contributed by atoms with E-state index in [0.717, 1.165) is 63.9 Å². The number of alkyl halides is 12. The van der Waals surface area contributed by atoms with Crippen LogP contribution in [0.2, 0.25) is 0 Å². The lowest BCUT2D eigenvalue weighted by Crippen LogP contribution is -2.74. The summed E-state index contributed by atoms with van der Waals surface area (Å²) in [5.74, 6) is 0.475. The first-order valence-corrected chi connectivity index (χ1v) is 23.2. The second-order valence-electron chi connectivity index (χ2n) is 16.6. The van der Waals surface area contributed by atoms with Crippen molar-refractivity contribution in [2.24, 2.45) is 0 Å². The van der Waals surface area contributed by atoms with Crippen molar-refractivity contribution in [2.45, 2.75) is 40.2 Å². The smallest absolute Gasteiger partial charge is 0.195 e. The van der Waals surface area contributed by atoms with Gasteiger partial charge in [-0.2, -0.15) is 74.5 Å². The van der Waals surface area contributed by atoms with Gasteiger partial charge in [0.2, 0.25) is 0 Å². The number of hydrogen-bond donors (Lipinski definition) is 0. The SMILES string of the molecule is FC(F)(F)c1ccc([B-](c2ccc(C(F)(F)F)cc2)(c2ccc(C(F)(F)F)cc2)c2ccc(C(F)(F)F)cc2)cc1.O=[S+](Cc1c2ccccc2cc2ccccc12)(c1ccccc1)c1ccccc1. The molecule has 0 fully saturated rings. The van der Waals surface area contributed by atoms with E-state index in [0.29, 0.717) is 54.3 Å². The van der Waals surface area contributed by atoms with E-state index in [1.165, 1.54) is 21.5 Å². The minimum absolute atomic E-state index is 0.0114. The molecule has 0 bridgehead atoms. The molecule has 0 spiro atoms. The highest BCUT2D eigenvalue weighted by atomic mass is 32.2. The van der Waals surface area contributed by atoms with E-state index in [1.54, 1.807) is 0 Å². The van der Waals surface area contributed by atoms with Gasteiger partial charge in [-0.05, 0) is 51.9 Å². The Kier molecular flexibility index (Phi) is 13.4. The number of benzene rings is 9. The summed E-state index contributed by atoms with van der Waals surface area (Å²) < 4.78 is 175. The fourth-order valence-corrected chi connectivity index (χ4v) is 11.6. The fourth-order valence-electron chi connectivity index (χ4n) is 9.05. The molecule has 0 atom stereocenters. The average molecular weight is 985 g/mol. The minimum atomic E-state index is -4.77. The lowest BCUT2D eigenvalue weighted by atomic mass is 9.13. The van der Waals surface area contributed by atoms with Crippen LogP contribution in [0.1, 0.15) is 27.8 Å². The molecule has 15 heteroatoms. The van der Waals surface area contributed by atoms with E-state index in [9.17, 15) is 56.9 Å². The van der Waals surface area contributed by atoms with Crippen molar-refractivity contribution in [2.75, 3.05) is 0 Å². The molecule has 0 amide bonds. The molecule has 70 heavy (non-hydrogen) atoms. The molecule has 0 aliphatic heterocycles. The van der Waals surface area contributed by atoms with E-state index in [2.05, 4.69) is 54.6 Å². The van der Waals surface area contributed by atoms with Gasteiger partial charge in [-0.1, -0.05) is 186 Å². The first kappa shape index (κ1) is 49.3. The first-order chi connectivity index (χ1) is 33.1. The Morgan fingerprint density at radius 3 is 0.857 bits per heavy atom. The van der Waals surface area contributed by atoms with Gasteiger partial charge in [0.1, 0.15) is 11.9 Å². The van der Waals surface area contributed by atoms with Gasteiger partial charge < -0.3 is 0 Å². The Morgan fingerprint density at radius 1 is 0.329 bits per heavy atom. The number of hydrogen-bond acceptors (Lipinski definition) is 1. The topological polar surface area (TPSA) is 17.1 Å². The third-order valence-corrected chi connectivity index (χ3v) is 15.2. The molecular formula is C55H37BF12OS. The van der Waals surface area contributed by atoms with Gasteiger partial charge in [-0.3, -0.25) is 0 Å². The van der Waals surface area contributed by atoms with Crippen LogP contribution < -0.4 is 21.9 Å². The minimum Gasteiger partial charge on any atom is -0.195 e. The maximum Gasteiger partial charge on any atom is 0.416 e. The normalized spacial score (nSPS) is 12.7. The molecule has 0 aromatic heterocycles. The molecular weight excluding hydrogens is 947 g/mol. The maximum atomic E-state index is 14.6. The monoisotopic (exact) mass is 984 g/mol. The number of fused-ring (bicyclic) bond motifs is 2. The van der Waals surface area contributed by atoms with Crippen LogP contribution in [0.15, 0.2) is 222 Å². The summed E-state index contributed by atoms with van der Waals surface area (Å²) in [5, 5.41) is 4.71. The van der Waals surface area contributed by atoms with Crippen LogP contribution in [0.5, 0.6) is 0 Å². The average Bonchev–Trinajstić information content (AvgIpc) is 3.34. The van der Waals surface area contributed by atoms with E-state index < -0.39 is 63.0 Å². The van der Waals surface area contributed by atoms with E-state index in [1.807, 2.05) is 60.7 Å². The van der Waals surface area contributed by atoms with Gasteiger partial charge in [-0.15, -0.1) is 0 Å². The van der Waals surface area contributed by atoms with Crippen molar-refractivity contribution in [3.05, 3.63) is 240 Å². The Balaban J connectivity index is 0.000000199. The molecule has 0 heterocycles. The highest BCUT2D eigenvalue weighted by Gasteiger charge is 2.39. The fraction of sp³-hybridized carbons (Fsp3) is 0.0909. The van der Waals surface area contributed by atoms with Crippen LogP contribution in [0.4, 0.5) is 52.7 Å². The lowest BCUT2D eigenvalue weighted by molar-refractivity contribution is -0.138. The first-order valence-electron chi connectivity index (χ1n) is 21.5. The molecule has 0 unspecified atom stereocenters. The van der Waals surface area contributed by atoms with Crippen molar-refractivity contribution < 1.29 is 56.9 Å². The lowest BCUT2D eigenvalue weighted by Gasteiger charge is -2.44. The zero-order valence-electron chi connectivity index (χ0n) is 36.3. The molecule has 0 N–H and O–H groups in total. The van der Waals surface area contributed by atoms with Gasteiger partial charge >= 0.3 is 24.7 Å². The van der Waals surface area contributed by atoms with Gasteiger partial charge in [0, 0.05) is 5.56 Å². The van der Waals surface area contributed by atoms with Crippen molar-refractivity contribution in [3.63, 3.8) is 0 Å². The third-order valence-electron chi connectivity index (χ3n) is 12.4. The second kappa shape index (κ2) is 19.0. The zero-order valence-corrected chi connectivity index (χ0v) is 37.2. The molecule has 0 aliphatic carbocycles. The molecule has 9 aromatic carbocycles. The predicted octanol–water partition coefficient (Wildman–Crippen LogP) is 14.2. The van der Waals surface area contributed by atoms with Crippen molar-refractivity contribution >= 4 is 59.5 Å². The van der Waals surface area contributed by atoms with E-state index in [-0.39, 0.29) is 21.9 Å². The molecule has 9 aromatic rings. The van der Waals surface area contributed by atoms with Crippen LogP contribution in [0.25, 0.3) is 21.5 Å². The zero-order chi connectivity index (χ0) is 50.1. The van der Waals surface area contributed by atoms with Gasteiger partial charge in [-0.25, -0.2) is 0 Å². The van der Waals surface area contributed by atoms with Crippen molar-refractivity contribution in [3.8, 4) is 0 Å². The highest BCUT2D eigenvalue weighted by molar-refractivity contribution is 8.02. The molecule has 1 nitrogen and oxygen atoms in total. The summed E-state index contributed by atoms with van der Waals surface area (Å²) in [6, 6.07) is 52.4. The Labute approximate surface area is 395 Å². The number of halogens is 12. The molecule has 0 radical (unpaired) electrons.